The van der Waals surface area contributed by atoms with Gasteiger partial charge in [0.2, 0.25) is 0 Å². The normalized spacial score (nSPS) is 10.1. The van der Waals surface area contributed by atoms with Crippen LogP contribution in [0.2, 0.25) is 0 Å². The molecule has 0 saturated heterocycles. The summed E-state index contributed by atoms with van der Waals surface area (Å²) in [4.78, 5) is 0. The summed E-state index contributed by atoms with van der Waals surface area (Å²) in [5, 5.41) is 7.02. The number of para-hydroxylation sites is 3. The van der Waals surface area contributed by atoms with E-state index in [0.29, 0.717) is 5.11 Å². The van der Waals surface area contributed by atoms with Crippen LogP contribution < -0.4 is 15.4 Å². The van der Waals surface area contributed by atoms with Crippen molar-refractivity contribution in [1.29, 1.82) is 0 Å². The average molecular weight is 348 g/mol. The van der Waals surface area contributed by atoms with Crippen LogP contribution in [0.3, 0.4) is 0 Å². The highest BCUT2D eigenvalue weighted by Crippen LogP contribution is 2.24. The van der Waals surface area contributed by atoms with Gasteiger partial charge in [-0.05, 0) is 48.0 Å². The molecule has 0 bridgehead atoms. The van der Waals surface area contributed by atoms with Crippen molar-refractivity contribution < 1.29 is 4.74 Å². The Balaban J connectivity index is 1.73. The lowest BCUT2D eigenvalue weighted by Gasteiger charge is -2.15. The Hall–Kier alpha value is -2.85. The second-order valence-electron chi connectivity index (χ2n) is 5.60. The molecule has 0 saturated carbocycles. The van der Waals surface area contributed by atoms with Crippen LogP contribution in [-0.2, 0) is 6.42 Å². The van der Waals surface area contributed by atoms with Crippen molar-refractivity contribution in [2.75, 3.05) is 17.7 Å². The minimum Gasteiger partial charge on any atom is -0.495 e. The largest absolute Gasteiger partial charge is 0.495 e. The van der Waals surface area contributed by atoms with Crippen LogP contribution in [0, 0.1) is 0 Å². The minimum atomic E-state index is 0.532. The summed E-state index contributed by atoms with van der Waals surface area (Å²) in [6.45, 7) is 0. The van der Waals surface area contributed by atoms with Gasteiger partial charge in [0.15, 0.2) is 5.11 Å². The lowest BCUT2D eigenvalue weighted by molar-refractivity contribution is 0.417. The summed E-state index contributed by atoms with van der Waals surface area (Å²) in [5.74, 6) is 0.754. The van der Waals surface area contributed by atoms with Gasteiger partial charge in [0, 0.05) is 5.69 Å². The summed E-state index contributed by atoms with van der Waals surface area (Å²) in [6, 6.07) is 26.3. The van der Waals surface area contributed by atoms with Crippen LogP contribution in [0.25, 0.3) is 0 Å². The van der Waals surface area contributed by atoms with Crippen molar-refractivity contribution in [3.05, 3.63) is 90.0 Å². The van der Waals surface area contributed by atoms with Crippen LogP contribution in [0.4, 0.5) is 11.4 Å². The third-order valence-corrected chi connectivity index (χ3v) is 4.06. The molecule has 126 valence electrons. The molecule has 0 atom stereocenters. The van der Waals surface area contributed by atoms with E-state index >= 15 is 0 Å². The first-order valence-corrected chi connectivity index (χ1v) is 8.50. The van der Waals surface area contributed by atoms with Crippen LogP contribution >= 0.6 is 12.2 Å². The molecule has 0 aromatic heterocycles. The summed E-state index contributed by atoms with van der Waals surface area (Å²) >= 11 is 5.47. The van der Waals surface area contributed by atoms with E-state index in [0.717, 1.165) is 23.5 Å². The van der Waals surface area contributed by atoms with Gasteiger partial charge in [-0.25, -0.2) is 0 Å². The molecule has 0 heterocycles. The first kappa shape index (κ1) is 17.0. The highest BCUT2D eigenvalue weighted by atomic mass is 32.1. The summed E-state index contributed by atoms with van der Waals surface area (Å²) in [5.41, 5.74) is 4.29. The lowest BCUT2D eigenvalue weighted by atomic mass is 10.0. The zero-order valence-corrected chi connectivity index (χ0v) is 14.8. The van der Waals surface area contributed by atoms with Crippen molar-refractivity contribution in [2.45, 2.75) is 6.42 Å². The fourth-order valence-corrected chi connectivity index (χ4v) is 2.86. The number of benzene rings is 3. The minimum absolute atomic E-state index is 0.532. The van der Waals surface area contributed by atoms with Gasteiger partial charge in [0.05, 0.1) is 12.8 Å². The molecule has 0 unspecified atom stereocenters. The Morgan fingerprint density at radius 2 is 1.40 bits per heavy atom. The Labute approximate surface area is 153 Å². The van der Waals surface area contributed by atoms with Gasteiger partial charge in [-0.15, -0.1) is 0 Å². The fraction of sp³-hybridized carbons (Fsp3) is 0.0952. The van der Waals surface area contributed by atoms with Crippen molar-refractivity contribution in [2.24, 2.45) is 0 Å². The van der Waals surface area contributed by atoms with Crippen LogP contribution in [-0.4, -0.2) is 12.2 Å². The maximum Gasteiger partial charge on any atom is 0.175 e. The fourth-order valence-electron chi connectivity index (χ4n) is 2.64. The molecule has 0 aliphatic heterocycles. The lowest BCUT2D eigenvalue weighted by Crippen LogP contribution is -2.20. The maximum absolute atomic E-state index is 5.47. The van der Waals surface area contributed by atoms with Gasteiger partial charge in [-0.1, -0.05) is 60.7 Å². The standard InChI is InChI=1S/C21H20N2OS/c1-24-20-14-8-7-13-19(20)23-21(25)22-18-12-6-5-11-17(18)15-16-9-3-2-4-10-16/h2-14H,15H2,1H3,(H2,22,23,25). The number of thiocarbonyl (C=S) groups is 1. The van der Waals surface area contributed by atoms with Gasteiger partial charge < -0.3 is 15.4 Å². The molecule has 2 N–H and O–H groups in total. The van der Waals surface area contributed by atoms with E-state index in [1.807, 2.05) is 48.5 Å². The van der Waals surface area contributed by atoms with E-state index in [4.69, 9.17) is 17.0 Å². The highest BCUT2D eigenvalue weighted by Gasteiger charge is 2.07. The topological polar surface area (TPSA) is 33.3 Å². The van der Waals surface area contributed by atoms with Gasteiger partial charge in [-0.2, -0.15) is 0 Å². The summed E-state index contributed by atoms with van der Waals surface area (Å²) < 4.78 is 5.35. The molecule has 3 nitrogen and oxygen atoms in total. The quantitative estimate of drug-likeness (QED) is 0.629. The zero-order chi connectivity index (χ0) is 17.5. The second kappa shape index (κ2) is 8.31. The Bertz CT molecular complexity index is 849. The van der Waals surface area contributed by atoms with E-state index in [-0.39, 0.29) is 0 Å². The molecule has 0 radical (unpaired) electrons. The molecular formula is C21H20N2OS. The molecule has 0 fully saturated rings. The Morgan fingerprint density at radius 3 is 2.16 bits per heavy atom. The molecule has 3 aromatic carbocycles. The number of rotatable bonds is 5. The number of hydrogen-bond donors (Lipinski definition) is 2. The van der Waals surface area contributed by atoms with Crippen molar-refractivity contribution >= 4 is 28.7 Å². The summed E-state index contributed by atoms with van der Waals surface area (Å²) in [6.07, 6.45) is 0.848. The number of ether oxygens (including phenoxy) is 1. The molecule has 0 amide bonds. The Kier molecular flexibility index (Phi) is 5.65. The predicted molar refractivity (Wildman–Crippen MR) is 109 cm³/mol. The molecule has 25 heavy (non-hydrogen) atoms. The molecule has 3 rings (SSSR count). The van der Waals surface area contributed by atoms with E-state index in [2.05, 4.69) is 41.0 Å². The van der Waals surface area contributed by atoms with E-state index < -0.39 is 0 Å². The summed E-state index contributed by atoms with van der Waals surface area (Å²) in [7, 11) is 1.64. The number of methoxy groups -OCH3 is 1. The monoisotopic (exact) mass is 348 g/mol. The predicted octanol–water partition coefficient (Wildman–Crippen LogP) is 5.09. The van der Waals surface area contributed by atoms with Crippen molar-refractivity contribution in [1.82, 2.24) is 0 Å². The van der Waals surface area contributed by atoms with Crippen LogP contribution in [0.15, 0.2) is 78.9 Å². The Morgan fingerprint density at radius 1 is 0.800 bits per heavy atom. The maximum atomic E-state index is 5.47. The van der Waals surface area contributed by atoms with E-state index in [1.54, 1.807) is 7.11 Å². The first-order chi connectivity index (χ1) is 12.3. The second-order valence-corrected chi connectivity index (χ2v) is 6.01. The third-order valence-electron chi connectivity index (χ3n) is 3.86. The van der Waals surface area contributed by atoms with Gasteiger partial charge >= 0.3 is 0 Å². The number of anilines is 2. The molecule has 4 heteroatoms. The molecule has 0 aliphatic carbocycles. The molecule has 0 aliphatic rings. The van der Waals surface area contributed by atoms with Gasteiger partial charge in [-0.3, -0.25) is 0 Å². The zero-order valence-electron chi connectivity index (χ0n) is 14.0. The van der Waals surface area contributed by atoms with Crippen molar-refractivity contribution in [3.8, 4) is 5.75 Å². The smallest absolute Gasteiger partial charge is 0.175 e. The average Bonchev–Trinajstić information content (AvgIpc) is 2.64. The SMILES string of the molecule is COc1ccccc1NC(=S)Nc1ccccc1Cc1ccccc1. The highest BCUT2D eigenvalue weighted by molar-refractivity contribution is 7.80. The van der Waals surface area contributed by atoms with Crippen LogP contribution in [0.1, 0.15) is 11.1 Å². The van der Waals surface area contributed by atoms with Gasteiger partial charge in [0.25, 0.3) is 0 Å². The molecular weight excluding hydrogens is 328 g/mol. The molecule has 0 spiro atoms. The van der Waals surface area contributed by atoms with E-state index in [9.17, 15) is 0 Å². The molecule has 3 aromatic rings. The van der Waals surface area contributed by atoms with Crippen LogP contribution in [0.5, 0.6) is 5.75 Å². The van der Waals surface area contributed by atoms with Gasteiger partial charge in [0.1, 0.15) is 5.75 Å². The third kappa shape index (κ3) is 4.58. The van der Waals surface area contributed by atoms with Crippen molar-refractivity contribution in [3.63, 3.8) is 0 Å². The van der Waals surface area contributed by atoms with E-state index in [1.165, 1.54) is 11.1 Å². The number of nitrogens with one attached hydrogen (secondary N) is 2. The number of hydrogen-bond acceptors (Lipinski definition) is 2. The first-order valence-electron chi connectivity index (χ1n) is 8.09.